The molecule has 0 aliphatic carbocycles. The Morgan fingerprint density at radius 3 is 2.95 bits per heavy atom. The number of rotatable bonds is 3. The molecule has 1 aliphatic heterocycles. The minimum Gasteiger partial charge on any atom is -0.396 e. The molecule has 3 rings (SSSR count). The highest BCUT2D eigenvalue weighted by atomic mass is 31.0. The number of nitrogens with two attached hydrogens (primary N) is 1. The Bertz CT molecular complexity index is 805. The Morgan fingerprint density at radius 1 is 1.45 bits per heavy atom. The van der Waals surface area contributed by atoms with E-state index in [0.29, 0.717) is 0 Å². The van der Waals surface area contributed by atoms with Gasteiger partial charge in [-0.2, -0.15) is 0 Å². The summed E-state index contributed by atoms with van der Waals surface area (Å²) in [5, 5.41) is 2.30. The first-order valence-corrected chi connectivity index (χ1v) is 8.15. The standard InChI is InChI=1S/C18H22N3P/c1-12-5-6-16-15(8-12)18(19)17(9-13(2)22)21(16)11-14-4-3-7-20-10-14/h4-6,8-10H,3,7,11,19,22H2,1-2H3/b13-9-. The molecule has 3 nitrogen and oxygen atoms in total. The number of fused-ring (bicyclic) bond motifs is 1. The van der Waals surface area contributed by atoms with E-state index in [0.717, 1.165) is 36.3 Å². The molecule has 114 valence electrons. The van der Waals surface area contributed by atoms with Crippen LogP contribution in [0.1, 0.15) is 24.6 Å². The van der Waals surface area contributed by atoms with Crippen molar-refractivity contribution in [3.63, 3.8) is 0 Å². The molecule has 2 heterocycles. The lowest BCUT2D eigenvalue weighted by Crippen LogP contribution is -2.07. The SMILES string of the molecule is C/C(P)=C/c1c(N)c2cc(C)ccc2n1CC1=CCCN=C1. The molecule has 0 amide bonds. The van der Waals surface area contributed by atoms with E-state index in [4.69, 9.17) is 5.73 Å². The Balaban J connectivity index is 2.19. The number of nitrogens with zero attached hydrogens (tertiary/aromatic N) is 2. The second-order valence-corrected chi connectivity index (χ2v) is 6.81. The summed E-state index contributed by atoms with van der Waals surface area (Å²) in [6, 6.07) is 6.47. The molecule has 2 N–H and O–H groups in total. The van der Waals surface area contributed by atoms with Crippen molar-refractivity contribution in [3.8, 4) is 0 Å². The third-order valence-corrected chi connectivity index (χ3v) is 4.09. The van der Waals surface area contributed by atoms with Gasteiger partial charge in [-0.3, -0.25) is 4.99 Å². The molecular formula is C18H22N3P. The summed E-state index contributed by atoms with van der Waals surface area (Å²) in [5.74, 6) is 0. The number of dihydropyridines is 1. The molecule has 0 bridgehead atoms. The summed E-state index contributed by atoms with van der Waals surface area (Å²) in [6.07, 6.45) is 7.41. The molecule has 0 saturated carbocycles. The van der Waals surface area contributed by atoms with Crippen LogP contribution < -0.4 is 5.73 Å². The van der Waals surface area contributed by atoms with Crippen LogP contribution in [0.5, 0.6) is 0 Å². The average molecular weight is 311 g/mol. The fraction of sp³-hybridized carbons (Fsp3) is 0.278. The lowest BCUT2D eigenvalue weighted by Gasteiger charge is -2.12. The van der Waals surface area contributed by atoms with Crippen LogP contribution >= 0.6 is 9.24 Å². The second kappa shape index (κ2) is 6.10. The van der Waals surface area contributed by atoms with Gasteiger partial charge in [-0.1, -0.05) is 23.0 Å². The third-order valence-electron chi connectivity index (χ3n) is 3.93. The Labute approximate surface area is 133 Å². The van der Waals surface area contributed by atoms with E-state index in [9.17, 15) is 0 Å². The van der Waals surface area contributed by atoms with E-state index < -0.39 is 0 Å². The van der Waals surface area contributed by atoms with Crippen molar-refractivity contribution in [1.29, 1.82) is 0 Å². The molecule has 1 aliphatic rings. The minimum atomic E-state index is 0.810. The van der Waals surface area contributed by atoms with Crippen LogP contribution in [0.3, 0.4) is 0 Å². The molecule has 0 radical (unpaired) electrons. The smallest absolute Gasteiger partial charge is 0.0657 e. The van der Waals surface area contributed by atoms with E-state index in [2.05, 4.69) is 63.0 Å². The molecule has 22 heavy (non-hydrogen) atoms. The van der Waals surface area contributed by atoms with Gasteiger partial charge in [-0.15, -0.1) is 9.24 Å². The van der Waals surface area contributed by atoms with Crippen LogP contribution in [0.2, 0.25) is 0 Å². The van der Waals surface area contributed by atoms with Crippen molar-refractivity contribution in [2.24, 2.45) is 4.99 Å². The highest BCUT2D eigenvalue weighted by Gasteiger charge is 2.14. The number of allylic oxidation sites excluding steroid dienone is 2. The largest absolute Gasteiger partial charge is 0.396 e. The van der Waals surface area contributed by atoms with E-state index in [1.807, 2.05) is 6.21 Å². The summed E-state index contributed by atoms with van der Waals surface area (Å²) in [5.41, 5.74) is 12.0. The van der Waals surface area contributed by atoms with Crippen molar-refractivity contribution >= 4 is 38.1 Å². The Morgan fingerprint density at radius 2 is 2.27 bits per heavy atom. The van der Waals surface area contributed by atoms with Gasteiger partial charge in [0.2, 0.25) is 0 Å². The van der Waals surface area contributed by atoms with Gasteiger partial charge >= 0.3 is 0 Å². The fourth-order valence-corrected chi connectivity index (χ4v) is 3.06. The molecule has 1 atom stereocenters. The van der Waals surface area contributed by atoms with Crippen LogP contribution in [0.4, 0.5) is 5.69 Å². The zero-order valence-electron chi connectivity index (χ0n) is 13.1. The minimum absolute atomic E-state index is 0.810. The summed E-state index contributed by atoms with van der Waals surface area (Å²) in [6.45, 7) is 5.88. The number of benzene rings is 1. The number of hydrogen-bond donors (Lipinski definition) is 1. The van der Waals surface area contributed by atoms with Gasteiger partial charge < -0.3 is 10.3 Å². The van der Waals surface area contributed by atoms with Crippen LogP contribution in [-0.4, -0.2) is 17.3 Å². The zero-order chi connectivity index (χ0) is 15.7. The lowest BCUT2D eigenvalue weighted by atomic mass is 10.1. The molecule has 1 unspecified atom stereocenters. The Hall–Kier alpha value is -1.86. The zero-order valence-corrected chi connectivity index (χ0v) is 14.3. The summed E-state index contributed by atoms with van der Waals surface area (Å²) < 4.78 is 2.29. The molecule has 1 aromatic carbocycles. The molecule has 2 aromatic rings. The number of aromatic nitrogens is 1. The molecule has 4 heteroatoms. The van der Waals surface area contributed by atoms with E-state index in [-0.39, 0.29) is 0 Å². The Kier molecular flexibility index (Phi) is 4.17. The topological polar surface area (TPSA) is 43.3 Å². The quantitative estimate of drug-likeness (QED) is 0.849. The number of aliphatic imine (C=N–C) groups is 1. The molecular weight excluding hydrogens is 289 g/mol. The van der Waals surface area contributed by atoms with E-state index >= 15 is 0 Å². The third kappa shape index (κ3) is 2.86. The summed E-state index contributed by atoms with van der Waals surface area (Å²) >= 11 is 0. The number of anilines is 1. The van der Waals surface area contributed by atoms with Crippen molar-refractivity contribution < 1.29 is 0 Å². The maximum absolute atomic E-state index is 6.43. The predicted molar refractivity (Wildman–Crippen MR) is 101 cm³/mol. The van der Waals surface area contributed by atoms with Gasteiger partial charge in [0.25, 0.3) is 0 Å². The fourth-order valence-electron chi connectivity index (χ4n) is 2.90. The van der Waals surface area contributed by atoms with Gasteiger partial charge in [-0.25, -0.2) is 0 Å². The number of hydrogen-bond acceptors (Lipinski definition) is 2. The van der Waals surface area contributed by atoms with Crippen molar-refractivity contribution in [3.05, 3.63) is 46.4 Å². The van der Waals surface area contributed by atoms with Gasteiger partial charge in [0.1, 0.15) is 0 Å². The van der Waals surface area contributed by atoms with Crippen LogP contribution in [0.25, 0.3) is 17.0 Å². The first-order valence-electron chi connectivity index (χ1n) is 7.57. The van der Waals surface area contributed by atoms with Gasteiger partial charge in [0, 0.05) is 24.7 Å². The highest BCUT2D eigenvalue weighted by Crippen LogP contribution is 2.32. The summed E-state index contributed by atoms with van der Waals surface area (Å²) in [7, 11) is 2.74. The normalized spacial score (nSPS) is 15.4. The van der Waals surface area contributed by atoms with Crippen LogP contribution in [0.15, 0.2) is 40.2 Å². The van der Waals surface area contributed by atoms with Gasteiger partial charge in [0.15, 0.2) is 0 Å². The van der Waals surface area contributed by atoms with Crippen LogP contribution in [0, 0.1) is 6.92 Å². The monoisotopic (exact) mass is 311 g/mol. The summed E-state index contributed by atoms with van der Waals surface area (Å²) in [4.78, 5) is 4.39. The predicted octanol–water partition coefficient (Wildman–Crippen LogP) is 4.17. The maximum atomic E-state index is 6.43. The van der Waals surface area contributed by atoms with Gasteiger partial charge in [-0.05, 0) is 44.1 Å². The van der Waals surface area contributed by atoms with E-state index in [1.165, 1.54) is 22.0 Å². The first-order chi connectivity index (χ1) is 10.6. The maximum Gasteiger partial charge on any atom is 0.0657 e. The van der Waals surface area contributed by atoms with Crippen molar-refractivity contribution in [1.82, 2.24) is 4.57 Å². The van der Waals surface area contributed by atoms with Crippen molar-refractivity contribution in [2.75, 3.05) is 12.3 Å². The average Bonchev–Trinajstić information content (AvgIpc) is 2.73. The van der Waals surface area contributed by atoms with E-state index in [1.54, 1.807) is 0 Å². The van der Waals surface area contributed by atoms with Crippen molar-refractivity contribution in [2.45, 2.75) is 26.8 Å². The lowest BCUT2D eigenvalue weighted by molar-refractivity contribution is 0.822. The molecule has 0 spiro atoms. The number of aryl methyl sites for hydroxylation is 1. The first kappa shape index (κ1) is 15.1. The van der Waals surface area contributed by atoms with Crippen LogP contribution in [-0.2, 0) is 6.54 Å². The molecule has 0 fully saturated rings. The second-order valence-electron chi connectivity index (χ2n) is 5.90. The molecule has 1 aromatic heterocycles. The highest BCUT2D eigenvalue weighted by molar-refractivity contribution is 7.22. The number of nitrogen functional groups attached to an aromatic ring is 1. The molecule has 0 saturated heterocycles. The van der Waals surface area contributed by atoms with Gasteiger partial charge in [0.05, 0.1) is 16.9 Å².